The van der Waals surface area contributed by atoms with E-state index in [1.54, 1.807) is 20.8 Å². The molecule has 5 nitrogen and oxygen atoms in total. The van der Waals surface area contributed by atoms with E-state index >= 15 is 0 Å². The molecule has 0 spiro atoms. The van der Waals surface area contributed by atoms with Crippen LogP contribution < -0.4 is 0 Å². The van der Waals surface area contributed by atoms with Gasteiger partial charge in [0, 0.05) is 26.2 Å². The summed E-state index contributed by atoms with van der Waals surface area (Å²) in [6.45, 7) is 7.03. The largest absolute Gasteiger partial charge is 0.433 e. The first-order chi connectivity index (χ1) is 10.0. The lowest BCUT2D eigenvalue weighted by molar-refractivity contribution is -0.146. The number of amides is 1. The maximum Gasteiger partial charge on any atom is 0.433 e. The minimum atomic E-state index is -4.62. The highest BCUT2D eigenvalue weighted by molar-refractivity contribution is 5.95. The van der Waals surface area contributed by atoms with Crippen molar-refractivity contribution in [3.8, 4) is 0 Å². The molecular formula is C14H21F3N4O. The summed E-state index contributed by atoms with van der Waals surface area (Å²) < 4.78 is 41.2. The lowest BCUT2D eigenvalue weighted by Gasteiger charge is -2.32. The van der Waals surface area contributed by atoms with Crippen molar-refractivity contribution in [1.29, 1.82) is 0 Å². The Morgan fingerprint density at radius 1 is 1.14 bits per heavy atom. The molecule has 1 aromatic heterocycles. The van der Waals surface area contributed by atoms with Crippen LogP contribution in [-0.2, 0) is 11.7 Å². The molecule has 1 fully saturated rings. The number of rotatable bonds is 1. The van der Waals surface area contributed by atoms with E-state index in [4.69, 9.17) is 0 Å². The van der Waals surface area contributed by atoms with Gasteiger partial charge >= 0.3 is 6.18 Å². The molecule has 8 heteroatoms. The van der Waals surface area contributed by atoms with E-state index in [-0.39, 0.29) is 5.56 Å². The van der Waals surface area contributed by atoms with Crippen molar-refractivity contribution in [2.24, 2.45) is 0 Å². The second-order valence-corrected chi connectivity index (χ2v) is 6.58. The molecule has 0 N–H and O–H groups in total. The number of hydrogen-bond acceptors (Lipinski definition) is 3. The number of piperazine rings is 1. The average molecular weight is 318 g/mol. The van der Waals surface area contributed by atoms with Crippen LogP contribution in [0.1, 0.15) is 36.8 Å². The number of hydrogen-bond donors (Lipinski definition) is 0. The van der Waals surface area contributed by atoms with Gasteiger partial charge in [0.15, 0.2) is 5.69 Å². The topological polar surface area (TPSA) is 41.4 Å². The first-order valence-corrected chi connectivity index (χ1v) is 7.15. The summed E-state index contributed by atoms with van der Waals surface area (Å²) in [5, 5.41) is 3.82. The monoisotopic (exact) mass is 318 g/mol. The number of aromatic nitrogens is 2. The van der Waals surface area contributed by atoms with Crippen molar-refractivity contribution in [3.63, 3.8) is 0 Å². The van der Waals surface area contributed by atoms with Gasteiger partial charge < -0.3 is 9.80 Å². The fraction of sp³-hybridized carbons (Fsp3) is 0.714. The SMILES string of the molecule is CN1CCN(C(=O)c2cnn(C(C)(C)C)c2C(F)(F)F)CC1. The van der Waals surface area contributed by atoms with Crippen LogP contribution in [0.5, 0.6) is 0 Å². The van der Waals surface area contributed by atoms with Gasteiger partial charge in [-0.3, -0.25) is 9.48 Å². The summed E-state index contributed by atoms with van der Waals surface area (Å²) in [6, 6.07) is 0. The van der Waals surface area contributed by atoms with E-state index in [2.05, 4.69) is 5.10 Å². The van der Waals surface area contributed by atoms with Gasteiger partial charge in [0.05, 0.1) is 17.3 Å². The Morgan fingerprint density at radius 2 is 1.68 bits per heavy atom. The molecule has 22 heavy (non-hydrogen) atoms. The Morgan fingerprint density at radius 3 is 2.14 bits per heavy atom. The highest BCUT2D eigenvalue weighted by Gasteiger charge is 2.43. The second-order valence-electron chi connectivity index (χ2n) is 6.58. The van der Waals surface area contributed by atoms with Crippen LogP contribution in [0.3, 0.4) is 0 Å². The number of likely N-dealkylation sites (N-methyl/N-ethyl adjacent to an activating group) is 1. The number of alkyl halides is 3. The fourth-order valence-electron chi connectivity index (χ4n) is 2.47. The predicted octanol–water partition coefficient (Wildman–Crippen LogP) is 2.04. The lowest BCUT2D eigenvalue weighted by atomic mass is 10.1. The highest BCUT2D eigenvalue weighted by Crippen LogP contribution is 2.35. The van der Waals surface area contributed by atoms with Crippen LogP contribution >= 0.6 is 0 Å². The molecule has 124 valence electrons. The van der Waals surface area contributed by atoms with Crippen LogP contribution in [0.2, 0.25) is 0 Å². The van der Waals surface area contributed by atoms with Gasteiger partial charge in [0.2, 0.25) is 0 Å². The summed E-state index contributed by atoms with van der Waals surface area (Å²) in [5.41, 5.74) is -2.19. The summed E-state index contributed by atoms with van der Waals surface area (Å²) in [4.78, 5) is 16.0. The molecule has 0 radical (unpaired) electrons. The van der Waals surface area contributed by atoms with Crippen LogP contribution in [-0.4, -0.2) is 58.7 Å². The molecule has 1 saturated heterocycles. The van der Waals surface area contributed by atoms with Crippen LogP contribution in [0.15, 0.2) is 6.20 Å². The zero-order valence-electron chi connectivity index (χ0n) is 13.2. The van der Waals surface area contributed by atoms with E-state index < -0.39 is 23.3 Å². The van der Waals surface area contributed by atoms with Crippen LogP contribution in [0, 0.1) is 0 Å². The van der Waals surface area contributed by atoms with E-state index in [0.717, 1.165) is 10.9 Å². The molecule has 0 aromatic carbocycles. The van der Waals surface area contributed by atoms with Crippen molar-refractivity contribution in [1.82, 2.24) is 19.6 Å². The number of carbonyl (C=O) groups is 1. The van der Waals surface area contributed by atoms with E-state index in [9.17, 15) is 18.0 Å². The smallest absolute Gasteiger partial charge is 0.336 e. The van der Waals surface area contributed by atoms with Gasteiger partial charge in [-0.15, -0.1) is 0 Å². The summed E-state index contributed by atoms with van der Waals surface area (Å²) in [6.07, 6.45) is -3.59. The molecule has 1 amide bonds. The molecule has 0 atom stereocenters. The zero-order valence-corrected chi connectivity index (χ0v) is 13.2. The van der Waals surface area contributed by atoms with Gasteiger partial charge in [0.25, 0.3) is 5.91 Å². The second kappa shape index (κ2) is 5.57. The zero-order chi connectivity index (χ0) is 16.7. The Balaban J connectivity index is 2.39. The maximum atomic E-state index is 13.4. The lowest BCUT2D eigenvalue weighted by Crippen LogP contribution is -2.47. The van der Waals surface area contributed by atoms with Crippen molar-refractivity contribution in [2.45, 2.75) is 32.5 Å². The van der Waals surface area contributed by atoms with Gasteiger partial charge in [-0.2, -0.15) is 18.3 Å². The molecule has 0 unspecified atom stereocenters. The average Bonchev–Trinajstić information content (AvgIpc) is 2.83. The number of halogens is 3. The first kappa shape index (κ1) is 16.8. The number of carbonyl (C=O) groups excluding carboxylic acids is 1. The summed E-state index contributed by atoms with van der Waals surface area (Å²) in [7, 11) is 1.92. The Bertz CT molecular complexity index is 551. The van der Waals surface area contributed by atoms with Crippen LogP contribution in [0.4, 0.5) is 13.2 Å². The molecule has 2 rings (SSSR count). The van der Waals surface area contributed by atoms with Crippen molar-refractivity contribution in [3.05, 3.63) is 17.5 Å². The number of nitrogens with zero attached hydrogens (tertiary/aromatic N) is 4. The van der Waals surface area contributed by atoms with Crippen molar-refractivity contribution >= 4 is 5.91 Å². The third-order valence-electron chi connectivity index (χ3n) is 3.69. The molecule has 1 aliphatic heterocycles. The molecule has 2 heterocycles. The predicted molar refractivity (Wildman–Crippen MR) is 75.6 cm³/mol. The molecular weight excluding hydrogens is 297 g/mol. The third-order valence-corrected chi connectivity index (χ3v) is 3.69. The molecule has 0 aliphatic carbocycles. The first-order valence-electron chi connectivity index (χ1n) is 7.15. The minimum Gasteiger partial charge on any atom is -0.336 e. The van der Waals surface area contributed by atoms with E-state index in [1.807, 2.05) is 11.9 Å². The summed E-state index contributed by atoms with van der Waals surface area (Å²) >= 11 is 0. The molecule has 1 aliphatic rings. The van der Waals surface area contributed by atoms with Crippen molar-refractivity contribution < 1.29 is 18.0 Å². The van der Waals surface area contributed by atoms with Gasteiger partial charge in [-0.1, -0.05) is 0 Å². The Kier molecular flexibility index (Phi) is 4.25. The van der Waals surface area contributed by atoms with Crippen LogP contribution in [0.25, 0.3) is 0 Å². The van der Waals surface area contributed by atoms with E-state index in [1.165, 1.54) is 4.90 Å². The van der Waals surface area contributed by atoms with Gasteiger partial charge in [-0.25, -0.2) is 0 Å². The third kappa shape index (κ3) is 3.26. The Labute approximate surface area is 127 Å². The fourth-order valence-corrected chi connectivity index (χ4v) is 2.47. The quantitative estimate of drug-likeness (QED) is 0.796. The van der Waals surface area contributed by atoms with Gasteiger partial charge in [0.1, 0.15) is 0 Å². The summed E-state index contributed by atoms with van der Waals surface area (Å²) in [5.74, 6) is -0.601. The molecule has 0 saturated carbocycles. The minimum absolute atomic E-state index is 0.369. The normalized spacial score (nSPS) is 17.9. The van der Waals surface area contributed by atoms with Crippen molar-refractivity contribution in [2.75, 3.05) is 33.2 Å². The molecule has 1 aromatic rings. The Hall–Kier alpha value is -1.57. The van der Waals surface area contributed by atoms with Gasteiger partial charge in [-0.05, 0) is 27.8 Å². The standard InChI is InChI=1S/C14H21F3N4O/c1-13(2,3)21-11(14(15,16)17)10(9-18-21)12(22)20-7-5-19(4)6-8-20/h9H,5-8H2,1-4H3. The molecule has 0 bridgehead atoms. The maximum absolute atomic E-state index is 13.4. The van der Waals surface area contributed by atoms with E-state index in [0.29, 0.717) is 26.2 Å². The highest BCUT2D eigenvalue weighted by atomic mass is 19.4.